The normalized spacial score (nSPS) is 30.0. The van der Waals surface area contributed by atoms with Gasteiger partial charge in [0, 0.05) is 55.4 Å². The average Bonchev–Trinajstić information content (AvgIpc) is 2.91. The lowest BCUT2D eigenvalue weighted by Crippen LogP contribution is -2.67. The van der Waals surface area contributed by atoms with E-state index in [0.717, 1.165) is 55.4 Å². The zero-order valence-electron chi connectivity index (χ0n) is 26.9. The molecule has 0 aliphatic carbocycles. The molecule has 0 aromatic heterocycles. The lowest BCUT2D eigenvalue weighted by atomic mass is 9.96. The molecular formula is C28H38O19. The molecule has 2 heterocycles. The molecule has 0 aromatic carbocycles. The van der Waals surface area contributed by atoms with Gasteiger partial charge >= 0.3 is 47.8 Å². The van der Waals surface area contributed by atoms with Crippen LogP contribution in [0.3, 0.4) is 0 Å². The van der Waals surface area contributed by atoms with Crippen molar-refractivity contribution in [3.05, 3.63) is 0 Å². The number of carbonyl (C=O) groups is 8. The van der Waals surface area contributed by atoms with Crippen LogP contribution in [-0.4, -0.2) is 122 Å². The van der Waals surface area contributed by atoms with Gasteiger partial charge in [-0.15, -0.1) is 0 Å². The van der Waals surface area contributed by atoms with Gasteiger partial charge in [0.05, 0.1) is 0 Å². The van der Waals surface area contributed by atoms with Crippen LogP contribution >= 0.6 is 0 Å². The van der Waals surface area contributed by atoms with E-state index in [9.17, 15) is 38.4 Å². The molecule has 264 valence electrons. The molecule has 2 fully saturated rings. The van der Waals surface area contributed by atoms with Crippen LogP contribution in [0, 0.1) is 0 Å². The Hall–Kier alpha value is -4.36. The minimum absolute atomic E-state index is 0.590. The van der Waals surface area contributed by atoms with Crippen LogP contribution in [0.2, 0.25) is 0 Å². The summed E-state index contributed by atoms with van der Waals surface area (Å²) in [6.07, 6.45) is -16.3. The standard InChI is InChI=1S/C28H38O19/c1-11(29)37-9-19-21(39-13(3)31)23(40-14(4)32)26(43-17(7)35)28(46-19)47-22-20(10-38-12(2)30)45-27(44-18(8)36)25(42-16(6)34)24(22)41-15(5)33/h19-28H,9-10H2,1-8H3/t19-,20-,21+,22+,23+,24-,25-,26+,27+,28+/m0/s1. The molecule has 0 N–H and O–H groups in total. The van der Waals surface area contributed by atoms with Gasteiger partial charge in [-0.25, -0.2) is 0 Å². The molecular weight excluding hydrogens is 640 g/mol. The van der Waals surface area contributed by atoms with E-state index < -0.39 is 122 Å². The van der Waals surface area contributed by atoms with Crippen LogP contribution in [0.5, 0.6) is 0 Å². The van der Waals surface area contributed by atoms with Gasteiger partial charge < -0.3 is 52.1 Å². The van der Waals surface area contributed by atoms with Crippen LogP contribution < -0.4 is 0 Å². The van der Waals surface area contributed by atoms with Crippen molar-refractivity contribution in [2.45, 2.75) is 117 Å². The van der Waals surface area contributed by atoms with Crippen LogP contribution in [0.25, 0.3) is 0 Å². The number of hydrogen-bond donors (Lipinski definition) is 0. The molecule has 0 aromatic rings. The summed E-state index contributed by atoms with van der Waals surface area (Å²) in [7, 11) is 0. The largest absolute Gasteiger partial charge is 0.463 e. The Balaban J connectivity index is 2.73. The van der Waals surface area contributed by atoms with Crippen LogP contribution in [0.1, 0.15) is 55.4 Å². The second kappa shape index (κ2) is 17.5. The first kappa shape index (κ1) is 38.8. The van der Waals surface area contributed by atoms with E-state index >= 15 is 0 Å². The van der Waals surface area contributed by atoms with E-state index in [1.54, 1.807) is 0 Å². The molecule has 0 radical (unpaired) electrons. The lowest BCUT2D eigenvalue weighted by molar-refractivity contribution is -0.357. The zero-order chi connectivity index (χ0) is 35.6. The molecule has 0 bridgehead atoms. The summed E-state index contributed by atoms with van der Waals surface area (Å²) in [6, 6.07) is 0. The minimum atomic E-state index is -1.83. The fourth-order valence-corrected chi connectivity index (χ4v) is 4.73. The summed E-state index contributed by atoms with van der Waals surface area (Å²) in [4.78, 5) is 96.3. The van der Waals surface area contributed by atoms with Crippen molar-refractivity contribution in [2.75, 3.05) is 13.2 Å². The van der Waals surface area contributed by atoms with Crippen molar-refractivity contribution in [3.63, 3.8) is 0 Å². The van der Waals surface area contributed by atoms with E-state index in [1.165, 1.54) is 0 Å². The highest BCUT2D eigenvalue weighted by atomic mass is 16.8. The first-order valence-electron chi connectivity index (χ1n) is 14.2. The summed E-state index contributed by atoms with van der Waals surface area (Å²) >= 11 is 0. The van der Waals surface area contributed by atoms with Gasteiger partial charge in [-0.2, -0.15) is 0 Å². The topological polar surface area (TPSA) is 238 Å². The molecule has 2 aliphatic heterocycles. The molecule has 0 spiro atoms. The Bertz CT molecular complexity index is 1200. The van der Waals surface area contributed by atoms with Crippen LogP contribution in [0.4, 0.5) is 0 Å². The summed E-state index contributed by atoms with van der Waals surface area (Å²) in [5, 5.41) is 0. The second-order valence-corrected chi connectivity index (χ2v) is 10.3. The van der Waals surface area contributed by atoms with E-state index in [4.69, 9.17) is 52.1 Å². The first-order chi connectivity index (χ1) is 21.9. The Labute approximate surface area is 268 Å². The fourth-order valence-electron chi connectivity index (χ4n) is 4.73. The maximum absolute atomic E-state index is 12.3. The fraction of sp³-hybridized carbons (Fsp3) is 0.714. The molecule has 19 heteroatoms. The summed E-state index contributed by atoms with van der Waals surface area (Å²) in [5.41, 5.74) is 0. The molecule has 10 atom stereocenters. The first-order valence-corrected chi connectivity index (χ1v) is 14.2. The molecule has 2 aliphatic rings. The number of esters is 8. The minimum Gasteiger partial charge on any atom is -0.463 e. The van der Waals surface area contributed by atoms with Gasteiger partial charge in [-0.05, 0) is 0 Å². The van der Waals surface area contributed by atoms with Gasteiger partial charge in [0.1, 0.15) is 31.5 Å². The Kier molecular flexibility index (Phi) is 14.5. The SMILES string of the molecule is CC(=O)OC[C@@H]1O[C@@H](OC(C)=O)[C@@H](OC(C)=O)[C@@H](OC(C)=O)[C@@H]1O[C@H]1O[C@@H](COC(C)=O)[C@@H](OC(C)=O)[C@@H](OC(C)=O)[C@H]1OC(C)=O. The molecule has 47 heavy (non-hydrogen) atoms. The van der Waals surface area contributed by atoms with Gasteiger partial charge in [-0.1, -0.05) is 0 Å². The zero-order valence-corrected chi connectivity index (χ0v) is 26.9. The molecule has 0 amide bonds. The number of rotatable bonds is 12. The Morgan fingerprint density at radius 1 is 0.383 bits per heavy atom. The summed E-state index contributed by atoms with van der Waals surface area (Å²) in [6.45, 7) is 7.05. The lowest BCUT2D eigenvalue weighted by Gasteiger charge is -2.48. The summed E-state index contributed by atoms with van der Waals surface area (Å²) in [5.74, 6) is -7.02. The third-order valence-electron chi connectivity index (χ3n) is 6.17. The second-order valence-electron chi connectivity index (χ2n) is 10.3. The van der Waals surface area contributed by atoms with Crippen molar-refractivity contribution in [1.82, 2.24) is 0 Å². The predicted octanol–water partition coefficient (Wildman–Crippen LogP) is -0.831. The van der Waals surface area contributed by atoms with Crippen LogP contribution in [0.15, 0.2) is 0 Å². The van der Waals surface area contributed by atoms with Gasteiger partial charge in [0.2, 0.25) is 12.4 Å². The number of hydrogen-bond acceptors (Lipinski definition) is 19. The van der Waals surface area contributed by atoms with Crippen molar-refractivity contribution in [2.24, 2.45) is 0 Å². The third-order valence-corrected chi connectivity index (χ3v) is 6.17. The Morgan fingerprint density at radius 2 is 0.702 bits per heavy atom. The highest BCUT2D eigenvalue weighted by Crippen LogP contribution is 2.35. The van der Waals surface area contributed by atoms with E-state index in [2.05, 4.69) is 0 Å². The van der Waals surface area contributed by atoms with E-state index in [1.807, 2.05) is 0 Å². The number of carbonyl (C=O) groups excluding carboxylic acids is 8. The molecule has 0 unspecified atom stereocenters. The summed E-state index contributed by atoms with van der Waals surface area (Å²) < 4.78 is 60.2. The van der Waals surface area contributed by atoms with Gasteiger partial charge in [0.15, 0.2) is 30.7 Å². The predicted molar refractivity (Wildman–Crippen MR) is 145 cm³/mol. The van der Waals surface area contributed by atoms with E-state index in [0.29, 0.717) is 0 Å². The molecule has 2 saturated heterocycles. The average molecular weight is 679 g/mol. The quantitative estimate of drug-likeness (QED) is 0.181. The molecule has 19 nitrogen and oxygen atoms in total. The maximum atomic E-state index is 12.3. The molecule has 0 saturated carbocycles. The third kappa shape index (κ3) is 12.1. The van der Waals surface area contributed by atoms with Crippen molar-refractivity contribution in [3.8, 4) is 0 Å². The van der Waals surface area contributed by atoms with Gasteiger partial charge in [-0.3, -0.25) is 38.4 Å². The van der Waals surface area contributed by atoms with Crippen molar-refractivity contribution >= 4 is 47.8 Å². The number of ether oxygens (including phenoxy) is 11. The van der Waals surface area contributed by atoms with Crippen LogP contribution in [-0.2, 0) is 90.5 Å². The highest BCUT2D eigenvalue weighted by molar-refractivity contribution is 5.70. The van der Waals surface area contributed by atoms with E-state index in [-0.39, 0.29) is 0 Å². The monoisotopic (exact) mass is 678 g/mol. The Morgan fingerprint density at radius 3 is 1.11 bits per heavy atom. The van der Waals surface area contributed by atoms with Gasteiger partial charge in [0.25, 0.3) is 0 Å². The van der Waals surface area contributed by atoms with Crippen molar-refractivity contribution < 1.29 is 90.5 Å². The smallest absolute Gasteiger partial charge is 0.305 e. The highest BCUT2D eigenvalue weighted by Gasteiger charge is 2.58. The maximum Gasteiger partial charge on any atom is 0.305 e. The molecule has 2 rings (SSSR count). The van der Waals surface area contributed by atoms with Crippen molar-refractivity contribution in [1.29, 1.82) is 0 Å².